The van der Waals surface area contributed by atoms with Gasteiger partial charge in [0.25, 0.3) is 0 Å². The number of carbonyl (C=O) groups is 1. The summed E-state index contributed by atoms with van der Waals surface area (Å²) in [7, 11) is 5.47. The number of aromatic carboxylic acids is 1. The zero-order valence-corrected chi connectivity index (χ0v) is 16.4. The summed E-state index contributed by atoms with van der Waals surface area (Å²) in [4.78, 5) is 32.3. The van der Waals surface area contributed by atoms with Gasteiger partial charge in [0.1, 0.15) is 16.8 Å². The van der Waals surface area contributed by atoms with Crippen LogP contribution in [0.2, 0.25) is 0 Å². The zero-order valence-electron chi connectivity index (χ0n) is 16.4. The van der Waals surface area contributed by atoms with Crippen molar-refractivity contribution in [1.29, 1.82) is 0 Å². The second kappa shape index (κ2) is 6.94. The molecule has 154 valence electrons. The summed E-state index contributed by atoms with van der Waals surface area (Å²) < 4.78 is 22.5. The molecule has 0 bridgehead atoms. The van der Waals surface area contributed by atoms with Crippen LogP contribution in [0.1, 0.15) is 16.8 Å². The molecule has 0 saturated carbocycles. The van der Waals surface area contributed by atoms with E-state index in [1.807, 2.05) is 23.9 Å². The molecule has 0 radical (unpaired) electrons. The molecule has 4 rings (SSSR count). The third-order valence-electron chi connectivity index (χ3n) is 5.13. The monoisotopic (exact) mass is 403 g/mol. The molecule has 2 aromatic rings. The molecule has 1 aromatic heterocycles. The Hall–Kier alpha value is -3.30. The standard InChI is InChI=1S/C19H22FN5O4/c1-22(2)9-21-11-4-5-24(7-11)16-14(20)6-12-15-18(16)29-10-23(3)25(15)8-13(17(12)26)19(27)28/h6,8-9,11H,4-5,7,10H2,1-3H3,(H,27,28). The quantitative estimate of drug-likeness (QED) is 0.600. The van der Waals surface area contributed by atoms with Gasteiger partial charge in [-0.2, -0.15) is 0 Å². The third kappa shape index (κ3) is 3.14. The van der Waals surface area contributed by atoms with E-state index in [2.05, 4.69) is 4.99 Å². The minimum absolute atomic E-state index is 0.0194. The Morgan fingerprint density at radius 2 is 2.21 bits per heavy atom. The zero-order chi connectivity index (χ0) is 20.9. The first-order valence-electron chi connectivity index (χ1n) is 9.22. The lowest BCUT2D eigenvalue weighted by Crippen LogP contribution is -2.40. The Morgan fingerprint density at radius 1 is 1.45 bits per heavy atom. The van der Waals surface area contributed by atoms with Gasteiger partial charge in [0.15, 0.2) is 18.3 Å². The predicted octanol–water partition coefficient (Wildman–Crippen LogP) is 0.925. The lowest BCUT2D eigenvalue weighted by Gasteiger charge is -2.33. The molecule has 1 aromatic carbocycles. The number of nitrogens with zero attached hydrogens (tertiary/aromatic N) is 5. The second-order valence-corrected chi connectivity index (χ2v) is 7.50. The second-order valence-electron chi connectivity index (χ2n) is 7.50. The Labute approximate surface area is 166 Å². The van der Waals surface area contributed by atoms with Crippen LogP contribution in [0.25, 0.3) is 10.9 Å². The average molecular weight is 403 g/mol. The summed E-state index contributed by atoms with van der Waals surface area (Å²) >= 11 is 0. The highest BCUT2D eigenvalue weighted by atomic mass is 19.1. The summed E-state index contributed by atoms with van der Waals surface area (Å²) in [5.41, 5.74) is -0.498. The number of carboxylic acid groups (broad SMARTS) is 1. The molecule has 0 spiro atoms. The number of ether oxygens (including phenoxy) is 1. The van der Waals surface area contributed by atoms with Gasteiger partial charge in [-0.15, -0.1) is 0 Å². The largest absolute Gasteiger partial charge is 0.477 e. The molecule has 1 atom stereocenters. The topological polar surface area (TPSA) is 90.6 Å². The van der Waals surface area contributed by atoms with Crippen molar-refractivity contribution in [1.82, 2.24) is 9.58 Å². The van der Waals surface area contributed by atoms with Gasteiger partial charge in [0.2, 0.25) is 5.43 Å². The van der Waals surface area contributed by atoms with Gasteiger partial charge in [0, 0.05) is 40.4 Å². The van der Waals surface area contributed by atoms with Crippen molar-refractivity contribution < 1.29 is 19.0 Å². The minimum atomic E-state index is -1.35. The number of hydrogen-bond acceptors (Lipinski definition) is 6. The number of anilines is 1. The Balaban J connectivity index is 1.86. The Bertz CT molecular complexity index is 1080. The molecule has 10 heteroatoms. The normalized spacial score (nSPS) is 18.6. The van der Waals surface area contributed by atoms with Crippen LogP contribution in [-0.2, 0) is 0 Å². The van der Waals surface area contributed by atoms with Crippen LogP contribution in [-0.4, -0.2) is 74.0 Å². The number of hydrogen-bond donors (Lipinski definition) is 1. The maximum absolute atomic E-state index is 15.1. The van der Waals surface area contributed by atoms with E-state index in [0.717, 1.165) is 12.5 Å². The fourth-order valence-corrected chi connectivity index (χ4v) is 3.76. The lowest BCUT2D eigenvalue weighted by atomic mass is 10.1. The van der Waals surface area contributed by atoms with Gasteiger partial charge in [0.05, 0.1) is 17.8 Å². The fourth-order valence-electron chi connectivity index (χ4n) is 3.76. The number of benzene rings is 1. The third-order valence-corrected chi connectivity index (χ3v) is 5.13. The average Bonchev–Trinajstić information content (AvgIpc) is 3.12. The molecule has 1 saturated heterocycles. The molecule has 1 unspecified atom stereocenters. The highest BCUT2D eigenvalue weighted by molar-refractivity contribution is 5.97. The molecular formula is C19H22FN5O4. The number of pyridine rings is 1. The van der Waals surface area contributed by atoms with E-state index in [1.54, 1.807) is 23.1 Å². The van der Waals surface area contributed by atoms with Crippen molar-refractivity contribution in [2.24, 2.45) is 4.99 Å². The molecule has 2 aliphatic rings. The number of aliphatic imine (C=N–C) groups is 1. The van der Waals surface area contributed by atoms with Crippen LogP contribution in [0.3, 0.4) is 0 Å². The highest BCUT2D eigenvalue weighted by Gasteiger charge is 2.32. The van der Waals surface area contributed by atoms with E-state index in [9.17, 15) is 14.7 Å². The van der Waals surface area contributed by atoms with Gasteiger partial charge in [-0.05, 0) is 12.5 Å². The number of rotatable bonds is 4. The molecule has 0 aliphatic carbocycles. The van der Waals surface area contributed by atoms with Crippen LogP contribution in [0.4, 0.5) is 10.1 Å². The first-order valence-corrected chi connectivity index (χ1v) is 9.22. The van der Waals surface area contributed by atoms with Crippen molar-refractivity contribution in [3.63, 3.8) is 0 Å². The number of carboxylic acids is 1. The highest BCUT2D eigenvalue weighted by Crippen LogP contribution is 2.41. The first-order chi connectivity index (χ1) is 13.8. The Kier molecular flexibility index (Phi) is 4.56. The van der Waals surface area contributed by atoms with Gasteiger partial charge in [-0.25, -0.2) is 9.18 Å². The Morgan fingerprint density at radius 3 is 2.90 bits per heavy atom. The maximum Gasteiger partial charge on any atom is 0.341 e. The van der Waals surface area contributed by atoms with E-state index < -0.39 is 22.8 Å². The molecule has 1 fully saturated rings. The van der Waals surface area contributed by atoms with Crippen LogP contribution in [0.15, 0.2) is 22.1 Å². The molecule has 3 heterocycles. The number of aromatic nitrogens is 1. The van der Waals surface area contributed by atoms with E-state index in [1.165, 1.54) is 6.20 Å². The molecule has 0 amide bonds. The van der Waals surface area contributed by atoms with Crippen LogP contribution in [0, 0.1) is 5.82 Å². The smallest absolute Gasteiger partial charge is 0.341 e. The molecule has 29 heavy (non-hydrogen) atoms. The summed E-state index contributed by atoms with van der Waals surface area (Å²) in [5, 5.41) is 11.0. The van der Waals surface area contributed by atoms with Crippen LogP contribution < -0.4 is 20.1 Å². The predicted molar refractivity (Wildman–Crippen MR) is 108 cm³/mol. The van der Waals surface area contributed by atoms with Crippen molar-refractivity contribution in [2.45, 2.75) is 12.5 Å². The fraction of sp³-hybridized carbons (Fsp3) is 0.421. The van der Waals surface area contributed by atoms with E-state index >= 15 is 4.39 Å². The van der Waals surface area contributed by atoms with Crippen molar-refractivity contribution in [2.75, 3.05) is 50.9 Å². The summed E-state index contributed by atoms with van der Waals surface area (Å²) in [6.07, 6.45) is 3.77. The minimum Gasteiger partial charge on any atom is -0.477 e. The molecule has 9 nitrogen and oxygen atoms in total. The molecule has 2 aliphatic heterocycles. The van der Waals surface area contributed by atoms with Gasteiger partial charge in [-0.3, -0.25) is 19.5 Å². The molecule has 1 N–H and O–H groups in total. The van der Waals surface area contributed by atoms with Crippen LogP contribution >= 0.6 is 0 Å². The van der Waals surface area contributed by atoms with Gasteiger partial charge < -0.3 is 19.6 Å². The summed E-state index contributed by atoms with van der Waals surface area (Å²) in [6.45, 7) is 1.22. The van der Waals surface area contributed by atoms with Gasteiger partial charge >= 0.3 is 5.97 Å². The maximum atomic E-state index is 15.1. The van der Waals surface area contributed by atoms with Crippen LogP contribution in [0.5, 0.6) is 5.75 Å². The number of halogens is 1. The first kappa shape index (κ1) is 19.0. The SMILES string of the molecule is CN(C)C=NC1CCN(c2c(F)cc3c(=O)c(C(=O)O)cn4c3c2OCN4C)C1. The van der Waals surface area contributed by atoms with E-state index in [0.29, 0.717) is 18.6 Å². The van der Waals surface area contributed by atoms with Gasteiger partial charge in [-0.1, -0.05) is 0 Å². The van der Waals surface area contributed by atoms with E-state index in [-0.39, 0.29) is 29.6 Å². The summed E-state index contributed by atoms with van der Waals surface area (Å²) in [6, 6.07) is 1.14. The lowest BCUT2D eigenvalue weighted by molar-refractivity contribution is 0.0694. The molecular weight excluding hydrogens is 381 g/mol. The van der Waals surface area contributed by atoms with Crippen molar-refractivity contribution >= 4 is 28.9 Å². The van der Waals surface area contributed by atoms with Crippen molar-refractivity contribution in [3.05, 3.63) is 33.9 Å². The summed E-state index contributed by atoms with van der Waals surface area (Å²) in [5.74, 6) is -1.71. The van der Waals surface area contributed by atoms with E-state index in [4.69, 9.17) is 4.74 Å². The van der Waals surface area contributed by atoms with Crippen molar-refractivity contribution in [3.8, 4) is 5.75 Å².